The lowest BCUT2D eigenvalue weighted by molar-refractivity contribution is -0.385. The van der Waals surface area contributed by atoms with Gasteiger partial charge in [0.1, 0.15) is 0 Å². The zero-order valence-electron chi connectivity index (χ0n) is 7.79. The molecule has 0 saturated carbocycles. The van der Waals surface area contributed by atoms with Crippen LogP contribution in [0, 0.1) is 17.0 Å². The summed E-state index contributed by atoms with van der Waals surface area (Å²) in [5.41, 5.74) is 0.586. The Morgan fingerprint density at radius 2 is 2.20 bits per heavy atom. The number of benzene rings is 1. The average Bonchev–Trinajstić information content (AvgIpc) is 2.20. The Balaban J connectivity index is 3.41. The molecule has 0 aromatic heterocycles. The van der Waals surface area contributed by atoms with Gasteiger partial charge in [-0.15, -0.1) is 11.6 Å². The van der Waals surface area contributed by atoms with Crippen LogP contribution in [0.1, 0.15) is 15.9 Å². The number of hydrogen-bond acceptors (Lipinski definition) is 3. The summed E-state index contributed by atoms with van der Waals surface area (Å²) in [6.45, 7) is 1.75. The molecule has 1 aromatic rings. The Bertz CT molecular complexity index is 434. The molecule has 0 aliphatic heterocycles. The van der Waals surface area contributed by atoms with Crippen LogP contribution in [-0.4, -0.2) is 16.6 Å². The summed E-state index contributed by atoms with van der Waals surface area (Å²) >= 11 is 8.54. The molecule has 0 saturated heterocycles. The standard InChI is InChI=1S/C9H7BrClNO3/c1-5-2-6(9(13)4-11)8(12(14)15)3-7(5)10/h2-3H,4H2,1H3. The maximum atomic E-state index is 11.4. The molecule has 0 N–H and O–H groups in total. The van der Waals surface area contributed by atoms with Crippen molar-refractivity contribution in [3.63, 3.8) is 0 Å². The van der Waals surface area contributed by atoms with Crippen LogP contribution in [0.3, 0.4) is 0 Å². The molecule has 0 aliphatic carbocycles. The smallest absolute Gasteiger partial charge is 0.281 e. The van der Waals surface area contributed by atoms with Crippen molar-refractivity contribution in [1.29, 1.82) is 0 Å². The summed E-state index contributed by atoms with van der Waals surface area (Å²) in [7, 11) is 0. The molecule has 0 amide bonds. The first-order valence-corrected chi connectivity index (χ1v) is 5.33. The summed E-state index contributed by atoms with van der Waals surface area (Å²) in [6.07, 6.45) is 0. The molecule has 1 aromatic carbocycles. The van der Waals surface area contributed by atoms with E-state index in [-0.39, 0.29) is 17.1 Å². The number of carbonyl (C=O) groups is 1. The Morgan fingerprint density at radius 3 is 2.67 bits per heavy atom. The first-order chi connectivity index (χ1) is 6.97. The van der Waals surface area contributed by atoms with Crippen LogP contribution in [0.5, 0.6) is 0 Å². The molecule has 0 unspecified atom stereocenters. The second-order valence-corrected chi connectivity index (χ2v) is 4.05. The molecule has 0 fully saturated rings. The Labute approximate surface area is 99.5 Å². The predicted octanol–water partition coefficient (Wildman–Crippen LogP) is 3.09. The van der Waals surface area contributed by atoms with Crippen LogP contribution in [0.2, 0.25) is 0 Å². The maximum absolute atomic E-state index is 11.4. The van der Waals surface area contributed by atoms with Gasteiger partial charge >= 0.3 is 0 Å². The summed E-state index contributed by atoms with van der Waals surface area (Å²) in [5.74, 6) is -0.707. The second-order valence-electron chi connectivity index (χ2n) is 2.93. The van der Waals surface area contributed by atoms with Crippen molar-refractivity contribution in [2.75, 3.05) is 5.88 Å². The fraction of sp³-hybridized carbons (Fsp3) is 0.222. The van der Waals surface area contributed by atoms with Crippen molar-refractivity contribution in [3.05, 3.63) is 37.8 Å². The molecule has 0 aliphatic rings. The van der Waals surface area contributed by atoms with Gasteiger partial charge in [0.05, 0.1) is 16.4 Å². The fourth-order valence-electron chi connectivity index (χ4n) is 1.12. The van der Waals surface area contributed by atoms with Gasteiger partial charge < -0.3 is 0 Å². The van der Waals surface area contributed by atoms with Crippen LogP contribution < -0.4 is 0 Å². The largest absolute Gasteiger partial charge is 0.293 e. The van der Waals surface area contributed by atoms with Crippen molar-refractivity contribution < 1.29 is 9.72 Å². The van der Waals surface area contributed by atoms with Crippen molar-refractivity contribution in [2.45, 2.75) is 6.92 Å². The van der Waals surface area contributed by atoms with Crippen LogP contribution in [0.4, 0.5) is 5.69 Å². The molecular weight excluding hydrogens is 285 g/mol. The van der Waals surface area contributed by atoms with Gasteiger partial charge in [0.25, 0.3) is 5.69 Å². The number of nitrogens with zero attached hydrogens (tertiary/aromatic N) is 1. The molecule has 0 bridgehead atoms. The highest BCUT2D eigenvalue weighted by atomic mass is 79.9. The van der Waals surface area contributed by atoms with E-state index in [1.54, 1.807) is 6.92 Å². The van der Waals surface area contributed by atoms with Crippen molar-refractivity contribution >= 4 is 39.0 Å². The highest BCUT2D eigenvalue weighted by molar-refractivity contribution is 9.10. The highest BCUT2D eigenvalue weighted by Gasteiger charge is 2.20. The molecule has 6 heteroatoms. The second kappa shape index (κ2) is 4.72. The molecular formula is C9H7BrClNO3. The Kier molecular flexibility index (Phi) is 3.82. The number of nitro groups is 1. The van der Waals surface area contributed by atoms with E-state index >= 15 is 0 Å². The third kappa shape index (κ3) is 2.54. The maximum Gasteiger partial charge on any atom is 0.281 e. The summed E-state index contributed by atoms with van der Waals surface area (Å²) in [5, 5.41) is 10.7. The zero-order chi connectivity index (χ0) is 11.6. The SMILES string of the molecule is Cc1cc(C(=O)CCl)c([N+](=O)[O-])cc1Br. The molecule has 0 spiro atoms. The van der Waals surface area contributed by atoms with E-state index in [1.165, 1.54) is 12.1 Å². The lowest BCUT2D eigenvalue weighted by Crippen LogP contribution is -2.05. The number of nitro benzene ring substituents is 1. The summed E-state index contributed by atoms with van der Waals surface area (Å²) < 4.78 is 0.598. The number of rotatable bonds is 3. The topological polar surface area (TPSA) is 60.2 Å². The number of carbonyl (C=O) groups excluding carboxylic acids is 1. The molecule has 4 nitrogen and oxygen atoms in total. The third-order valence-corrected chi connectivity index (χ3v) is 2.99. The van der Waals surface area contributed by atoms with E-state index in [1.807, 2.05) is 0 Å². The van der Waals surface area contributed by atoms with Gasteiger partial charge in [-0.1, -0.05) is 15.9 Å². The van der Waals surface area contributed by atoms with Gasteiger partial charge in [0.15, 0.2) is 5.78 Å². The number of halogens is 2. The number of hydrogen-bond donors (Lipinski definition) is 0. The first-order valence-electron chi connectivity index (χ1n) is 4.01. The molecule has 1 rings (SSSR count). The predicted molar refractivity (Wildman–Crippen MR) is 60.6 cm³/mol. The van der Waals surface area contributed by atoms with E-state index in [2.05, 4.69) is 15.9 Å². The first kappa shape index (κ1) is 12.1. The minimum Gasteiger partial charge on any atom is -0.293 e. The van der Waals surface area contributed by atoms with Gasteiger partial charge in [-0.05, 0) is 18.6 Å². The minimum absolute atomic E-state index is 0.0516. The van der Waals surface area contributed by atoms with E-state index in [4.69, 9.17) is 11.6 Å². The Morgan fingerprint density at radius 1 is 1.60 bits per heavy atom. The number of alkyl halides is 1. The van der Waals surface area contributed by atoms with Gasteiger partial charge in [0.2, 0.25) is 0 Å². The monoisotopic (exact) mass is 291 g/mol. The molecule has 0 radical (unpaired) electrons. The molecule has 0 heterocycles. The molecule has 15 heavy (non-hydrogen) atoms. The van der Waals surface area contributed by atoms with Crippen LogP contribution in [0.15, 0.2) is 16.6 Å². The van der Waals surface area contributed by atoms with Crippen molar-refractivity contribution in [2.24, 2.45) is 0 Å². The third-order valence-electron chi connectivity index (χ3n) is 1.90. The number of ketones is 1. The van der Waals surface area contributed by atoms with E-state index in [9.17, 15) is 14.9 Å². The van der Waals surface area contributed by atoms with Gasteiger partial charge in [0, 0.05) is 10.5 Å². The van der Waals surface area contributed by atoms with Crippen LogP contribution >= 0.6 is 27.5 Å². The molecule has 0 atom stereocenters. The van der Waals surface area contributed by atoms with Gasteiger partial charge in [-0.3, -0.25) is 14.9 Å². The number of Topliss-reactive ketones (excluding diaryl/α,β-unsaturated/α-hetero) is 1. The molecule has 80 valence electrons. The van der Waals surface area contributed by atoms with E-state index in [0.29, 0.717) is 4.47 Å². The highest BCUT2D eigenvalue weighted by Crippen LogP contribution is 2.27. The minimum atomic E-state index is -0.593. The Hall–Kier alpha value is -0.940. The van der Waals surface area contributed by atoms with Crippen molar-refractivity contribution in [3.8, 4) is 0 Å². The average molecular weight is 293 g/mol. The summed E-state index contributed by atoms with van der Waals surface area (Å²) in [4.78, 5) is 21.5. The van der Waals surface area contributed by atoms with Crippen molar-refractivity contribution in [1.82, 2.24) is 0 Å². The van der Waals surface area contributed by atoms with Crippen LogP contribution in [-0.2, 0) is 0 Å². The van der Waals surface area contributed by atoms with Gasteiger partial charge in [-0.25, -0.2) is 0 Å². The fourth-order valence-corrected chi connectivity index (χ4v) is 1.59. The lowest BCUT2D eigenvalue weighted by atomic mass is 10.1. The van der Waals surface area contributed by atoms with E-state index in [0.717, 1.165) is 5.56 Å². The quantitative estimate of drug-likeness (QED) is 0.372. The van der Waals surface area contributed by atoms with Crippen LogP contribution in [0.25, 0.3) is 0 Å². The lowest BCUT2D eigenvalue weighted by Gasteiger charge is -2.03. The number of aryl methyl sites for hydroxylation is 1. The van der Waals surface area contributed by atoms with Gasteiger partial charge in [-0.2, -0.15) is 0 Å². The van der Waals surface area contributed by atoms with E-state index < -0.39 is 10.7 Å². The zero-order valence-corrected chi connectivity index (χ0v) is 10.1. The normalized spacial score (nSPS) is 10.1. The summed E-state index contributed by atoms with van der Waals surface area (Å²) in [6, 6.07) is 2.78.